The normalized spacial score (nSPS) is 23.4. The average molecular weight is 582 g/mol. The minimum absolute atomic E-state index is 0.0988. The van der Waals surface area contributed by atoms with Crippen LogP contribution < -0.4 is 16.2 Å². The molecule has 1 aliphatic heterocycles. The van der Waals surface area contributed by atoms with E-state index < -0.39 is 5.76 Å². The van der Waals surface area contributed by atoms with E-state index in [0.29, 0.717) is 46.6 Å². The van der Waals surface area contributed by atoms with Crippen LogP contribution in [0.25, 0.3) is 33.8 Å². The molecule has 41 heavy (non-hydrogen) atoms. The van der Waals surface area contributed by atoms with E-state index in [-0.39, 0.29) is 23.5 Å². The van der Waals surface area contributed by atoms with E-state index in [4.69, 9.17) is 30.8 Å². The van der Waals surface area contributed by atoms with Crippen molar-refractivity contribution in [2.24, 2.45) is 11.8 Å². The van der Waals surface area contributed by atoms with Crippen molar-refractivity contribution < 1.29 is 9.26 Å². The van der Waals surface area contributed by atoms with Crippen molar-refractivity contribution in [1.29, 1.82) is 0 Å². The molecule has 1 saturated carbocycles. The first-order valence-electron chi connectivity index (χ1n) is 14.6. The van der Waals surface area contributed by atoms with Gasteiger partial charge >= 0.3 is 5.76 Å². The highest BCUT2D eigenvalue weighted by Gasteiger charge is 2.33. The largest absolute Gasteiger partial charge is 0.439 e. The number of nitrogens with one attached hydrogen (secondary N) is 2. The maximum Gasteiger partial charge on any atom is 0.439 e. The summed E-state index contributed by atoms with van der Waals surface area (Å²) in [4.78, 5) is 42.7. The van der Waals surface area contributed by atoms with E-state index >= 15 is 0 Å². The molecule has 0 bridgehead atoms. The fraction of sp³-hybridized carbons (Fsp3) is 0.552. The summed E-state index contributed by atoms with van der Waals surface area (Å²) in [6.07, 6.45) is 8.22. The smallest absolute Gasteiger partial charge is 0.374 e. The molecule has 0 radical (unpaired) electrons. The maximum atomic E-state index is 13.2. The number of morpholine rings is 1. The van der Waals surface area contributed by atoms with Crippen LogP contribution in [-0.4, -0.2) is 55.0 Å². The first-order valence-corrected chi connectivity index (χ1v) is 14.9. The molecule has 4 aromatic heterocycles. The van der Waals surface area contributed by atoms with Crippen molar-refractivity contribution in [1.82, 2.24) is 29.7 Å². The molecule has 6 rings (SSSR count). The van der Waals surface area contributed by atoms with Crippen LogP contribution >= 0.6 is 11.6 Å². The number of aromatic amines is 2. The van der Waals surface area contributed by atoms with Gasteiger partial charge in [0.1, 0.15) is 11.4 Å². The van der Waals surface area contributed by atoms with Gasteiger partial charge < -0.3 is 19.2 Å². The Morgan fingerprint density at radius 2 is 1.93 bits per heavy atom. The van der Waals surface area contributed by atoms with Gasteiger partial charge in [-0.3, -0.25) is 14.3 Å². The molecule has 2 atom stereocenters. The summed E-state index contributed by atoms with van der Waals surface area (Å²) in [7, 11) is 0. The van der Waals surface area contributed by atoms with E-state index in [1.807, 2.05) is 0 Å². The summed E-state index contributed by atoms with van der Waals surface area (Å²) in [6.45, 7) is 8.76. The molecule has 2 aliphatic rings. The van der Waals surface area contributed by atoms with E-state index in [2.05, 4.69) is 45.4 Å². The predicted octanol–water partition coefficient (Wildman–Crippen LogP) is 5.00. The Balaban J connectivity index is 1.59. The number of hydrogen-bond donors (Lipinski definition) is 2. The van der Waals surface area contributed by atoms with Gasteiger partial charge in [-0.25, -0.2) is 14.8 Å². The Labute approximate surface area is 242 Å². The van der Waals surface area contributed by atoms with Crippen LogP contribution in [0.4, 0.5) is 5.95 Å². The lowest BCUT2D eigenvalue weighted by molar-refractivity contribution is 0.00951. The van der Waals surface area contributed by atoms with E-state index in [1.165, 1.54) is 19.0 Å². The second-order valence-electron chi connectivity index (χ2n) is 11.5. The van der Waals surface area contributed by atoms with Crippen LogP contribution in [0.15, 0.2) is 32.4 Å². The predicted molar refractivity (Wildman–Crippen MR) is 157 cm³/mol. The van der Waals surface area contributed by atoms with Crippen molar-refractivity contribution in [3.8, 4) is 22.8 Å². The van der Waals surface area contributed by atoms with Crippen molar-refractivity contribution in [3.63, 3.8) is 0 Å². The highest BCUT2D eigenvalue weighted by Crippen LogP contribution is 2.37. The number of rotatable bonds is 7. The molecule has 12 heteroatoms. The Bertz CT molecular complexity index is 1650. The quantitative estimate of drug-likeness (QED) is 0.311. The van der Waals surface area contributed by atoms with Gasteiger partial charge in [0.15, 0.2) is 0 Å². The van der Waals surface area contributed by atoms with Crippen molar-refractivity contribution in [2.75, 3.05) is 18.1 Å². The van der Waals surface area contributed by atoms with E-state index in [1.54, 1.807) is 12.1 Å². The molecule has 2 N–H and O–H groups in total. The molecule has 4 aromatic rings. The number of imidazole rings is 1. The SMILES string of the molecule is CCC[C@H]1OCCN(c2nc3cc(-c4noc(=O)[nH]4)nc(-c4cc(Cl)c[nH]c4=O)c3n2CC2CCC(C)CC2)[C@@H]1C. The first kappa shape index (κ1) is 27.7. The standard InChI is InChI=1S/C29H36ClN7O4/c1-4-5-23-17(3)36(10-11-40-23)28-33-21-13-22(26-34-29(39)41-35-26)32-24(20-12-19(30)14-31-27(20)38)25(21)37(28)15-18-8-6-16(2)7-9-18/h12-14,16-18,23H,4-11,15H2,1-3H3,(H,31,38)(H,34,35,39)/t16?,17-,18?,23-/m1/s1. The van der Waals surface area contributed by atoms with Crippen molar-refractivity contribution >= 4 is 28.6 Å². The third kappa shape index (κ3) is 5.44. The van der Waals surface area contributed by atoms with Crippen LogP contribution in [0.2, 0.25) is 5.02 Å². The Morgan fingerprint density at radius 3 is 2.66 bits per heavy atom. The highest BCUT2D eigenvalue weighted by molar-refractivity contribution is 6.30. The van der Waals surface area contributed by atoms with Gasteiger partial charge in [-0.2, -0.15) is 0 Å². The van der Waals surface area contributed by atoms with E-state index in [9.17, 15) is 9.59 Å². The van der Waals surface area contributed by atoms with Crippen LogP contribution in [0, 0.1) is 11.8 Å². The van der Waals surface area contributed by atoms with Gasteiger partial charge in [-0.15, -0.1) is 0 Å². The Kier molecular flexibility index (Phi) is 7.74. The fourth-order valence-corrected chi connectivity index (χ4v) is 6.49. The van der Waals surface area contributed by atoms with Crippen molar-refractivity contribution in [2.45, 2.75) is 78.0 Å². The number of H-pyrrole nitrogens is 2. The Morgan fingerprint density at radius 1 is 1.12 bits per heavy atom. The summed E-state index contributed by atoms with van der Waals surface area (Å²) in [5.74, 6) is 1.52. The summed E-state index contributed by atoms with van der Waals surface area (Å²) in [5.41, 5.74) is 2.18. The van der Waals surface area contributed by atoms with Crippen LogP contribution in [0.1, 0.15) is 59.3 Å². The molecular formula is C29H36ClN7O4. The summed E-state index contributed by atoms with van der Waals surface area (Å²) in [5, 5.41) is 4.23. The monoisotopic (exact) mass is 581 g/mol. The summed E-state index contributed by atoms with van der Waals surface area (Å²) < 4.78 is 13.2. The van der Waals surface area contributed by atoms with Gasteiger partial charge in [0, 0.05) is 19.3 Å². The number of pyridine rings is 2. The molecule has 5 heterocycles. The second kappa shape index (κ2) is 11.4. The average Bonchev–Trinajstić information content (AvgIpc) is 3.55. The lowest BCUT2D eigenvalue weighted by atomic mass is 9.83. The van der Waals surface area contributed by atoms with Gasteiger partial charge in [-0.05, 0) is 50.2 Å². The number of aromatic nitrogens is 6. The number of hydrogen-bond acceptors (Lipinski definition) is 8. The van der Waals surface area contributed by atoms with Crippen molar-refractivity contribution in [3.05, 3.63) is 44.3 Å². The number of halogens is 1. The number of nitrogens with zero attached hydrogens (tertiary/aromatic N) is 5. The fourth-order valence-electron chi connectivity index (χ4n) is 6.33. The summed E-state index contributed by atoms with van der Waals surface area (Å²) >= 11 is 6.36. The first-order chi connectivity index (χ1) is 19.8. The van der Waals surface area contributed by atoms with Gasteiger partial charge in [0.25, 0.3) is 5.56 Å². The zero-order chi connectivity index (χ0) is 28.7. The molecule has 218 valence electrons. The molecule has 0 aromatic carbocycles. The number of fused-ring (bicyclic) bond motifs is 1. The van der Waals surface area contributed by atoms with Crippen LogP contribution in [0.5, 0.6) is 0 Å². The molecule has 0 amide bonds. The molecule has 0 spiro atoms. The number of ether oxygens (including phenoxy) is 1. The zero-order valence-corrected chi connectivity index (χ0v) is 24.4. The molecule has 0 unspecified atom stereocenters. The van der Waals surface area contributed by atoms with Gasteiger partial charge in [0.05, 0.1) is 40.4 Å². The molecule has 1 aliphatic carbocycles. The third-order valence-electron chi connectivity index (χ3n) is 8.61. The molecule has 11 nitrogen and oxygen atoms in total. The Hall–Kier alpha value is -3.44. The maximum absolute atomic E-state index is 13.2. The minimum Gasteiger partial charge on any atom is -0.374 e. The lowest BCUT2D eigenvalue weighted by Gasteiger charge is -2.40. The van der Waals surface area contributed by atoms with Crippen LogP contribution in [0.3, 0.4) is 0 Å². The summed E-state index contributed by atoms with van der Waals surface area (Å²) in [6, 6.07) is 3.52. The topological polar surface area (TPSA) is 135 Å². The minimum atomic E-state index is -0.689. The molecule has 2 fully saturated rings. The molecular weight excluding hydrogens is 546 g/mol. The second-order valence-corrected chi connectivity index (χ2v) is 11.9. The van der Waals surface area contributed by atoms with Crippen LogP contribution in [-0.2, 0) is 11.3 Å². The van der Waals surface area contributed by atoms with E-state index in [0.717, 1.165) is 49.6 Å². The zero-order valence-electron chi connectivity index (χ0n) is 23.7. The lowest BCUT2D eigenvalue weighted by Crippen LogP contribution is -2.50. The molecule has 1 saturated heterocycles. The van der Waals surface area contributed by atoms with Gasteiger partial charge in [-0.1, -0.05) is 49.9 Å². The van der Waals surface area contributed by atoms with Gasteiger partial charge in [0.2, 0.25) is 11.8 Å². The number of anilines is 1. The highest BCUT2D eigenvalue weighted by atomic mass is 35.5. The third-order valence-corrected chi connectivity index (χ3v) is 8.83.